The second kappa shape index (κ2) is 11.3. The normalized spacial score (nSPS) is 12.5. The molecule has 0 bridgehead atoms. The molecule has 0 fully saturated rings. The molecule has 5 rings (SSSR count). The molecule has 228 valence electrons. The molecule has 3 heterocycles. The highest BCUT2D eigenvalue weighted by Gasteiger charge is 2.35. The SMILES string of the molecule is Cn1cnc2cc(-c3cccn4c(C(=O)c5cc(F)c(NC(=O)/C=C/CNC(C)(C)C)c(F)c5)ccc34)c(C(F)(F)F)cc21. The smallest absolute Gasteiger partial charge is 0.334 e. The van der Waals surface area contributed by atoms with Crippen LogP contribution in [0.4, 0.5) is 27.6 Å². The van der Waals surface area contributed by atoms with Gasteiger partial charge in [-0.2, -0.15) is 13.2 Å². The van der Waals surface area contributed by atoms with E-state index in [1.54, 1.807) is 7.05 Å². The average molecular weight is 610 g/mol. The minimum Gasteiger partial charge on any atom is -0.334 e. The highest BCUT2D eigenvalue weighted by atomic mass is 19.4. The van der Waals surface area contributed by atoms with Gasteiger partial charge in [-0.05, 0) is 68.8 Å². The lowest BCUT2D eigenvalue weighted by Gasteiger charge is -2.18. The lowest BCUT2D eigenvalue weighted by atomic mass is 9.98. The van der Waals surface area contributed by atoms with E-state index >= 15 is 0 Å². The summed E-state index contributed by atoms with van der Waals surface area (Å²) in [5.41, 5.74) is -1.17. The first-order valence-corrected chi connectivity index (χ1v) is 13.5. The average Bonchev–Trinajstić information content (AvgIpc) is 3.54. The van der Waals surface area contributed by atoms with Crippen LogP contribution in [0.5, 0.6) is 0 Å². The van der Waals surface area contributed by atoms with Crippen molar-refractivity contribution in [3.8, 4) is 11.1 Å². The summed E-state index contributed by atoms with van der Waals surface area (Å²) < 4.78 is 75.2. The first kappa shape index (κ1) is 30.6. The fourth-order valence-corrected chi connectivity index (χ4v) is 4.85. The van der Waals surface area contributed by atoms with Gasteiger partial charge in [-0.15, -0.1) is 0 Å². The molecule has 44 heavy (non-hydrogen) atoms. The van der Waals surface area contributed by atoms with Crippen LogP contribution < -0.4 is 10.6 Å². The van der Waals surface area contributed by atoms with Crippen LogP contribution in [0, 0.1) is 11.6 Å². The lowest BCUT2D eigenvalue weighted by Crippen LogP contribution is -2.35. The van der Waals surface area contributed by atoms with Gasteiger partial charge in [0.05, 0.1) is 34.1 Å². The maximum absolute atomic E-state index is 14.9. The molecule has 3 aromatic heterocycles. The number of carbonyl (C=O) groups excluding carboxylic acids is 2. The van der Waals surface area contributed by atoms with Gasteiger partial charge in [0.1, 0.15) is 17.3 Å². The van der Waals surface area contributed by atoms with Crippen molar-refractivity contribution in [1.82, 2.24) is 19.3 Å². The van der Waals surface area contributed by atoms with Gasteiger partial charge in [0, 0.05) is 42.5 Å². The molecule has 12 heteroatoms. The summed E-state index contributed by atoms with van der Waals surface area (Å²) in [5, 5.41) is 5.28. The van der Waals surface area contributed by atoms with Crippen molar-refractivity contribution in [3.63, 3.8) is 0 Å². The van der Waals surface area contributed by atoms with E-state index in [0.717, 1.165) is 24.3 Å². The Bertz CT molecular complexity index is 1920. The number of anilines is 1. The Morgan fingerprint density at radius 3 is 2.32 bits per heavy atom. The van der Waals surface area contributed by atoms with Gasteiger partial charge in [-0.25, -0.2) is 13.8 Å². The zero-order chi connectivity index (χ0) is 32.0. The van der Waals surface area contributed by atoms with Gasteiger partial charge in [0.15, 0.2) is 0 Å². The number of rotatable bonds is 7. The molecule has 0 saturated heterocycles. The fraction of sp³-hybridized carbons (Fsp3) is 0.219. The van der Waals surface area contributed by atoms with Crippen molar-refractivity contribution < 1.29 is 31.5 Å². The Morgan fingerprint density at radius 1 is 0.955 bits per heavy atom. The van der Waals surface area contributed by atoms with E-state index in [2.05, 4.69) is 15.6 Å². The summed E-state index contributed by atoms with van der Waals surface area (Å²) >= 11 is 0. The standard InChI is InChI=1S/C32H28F5N5O2/c1-31(2,3)39-11-5-8-28(43)40-29-22(33)13-18(14-23(29)34)30(44)26-10-9-25-19(7-6-12-42(25)26)20-15-24-27(41(4)17-38-24)16-21(20)32(35,36)37/h5-10,12-17,39H,11H2,1-4H3,(H,40,43)/b8-5+. The summed E-state index contributed by atoms with van der Waals surface area (Å²) in [7, 11) is 1.59. The summed E-state index contributed by atoms with van der Waals surface area (Å²) in [5.74, 6) is -3.86. The predicted octanol–water partition coefficient (Wildman–Crippen LogP) is 6.90. The van der Waals surface area contributed by atoms with E-state index < -0.39 is 40.8 Å². The minimum absolute atomic E-state index is 0.0285. The molecular weight excluding hydrogens is 581 g/mol. The summed E-state index contributed by atoms with van der Waals surface area (Å²) in [6.07, 6.45) is 0.849. The molecule has 0 aliphatic rings. The number of ketones is 1. The molecule has 0 spiro atoms. The first-order valence-electron chi connectivity index (χ1n) is 13.5. The molecule has 1 amide bonds. The molecule has 0 saturated carbocycles. The van der Waals surface area contributed by atoms with Gasteiger partial charge in [-0.3, -0.25) is 9.59 Å². The molecule has 5 aromatic rings. The largest absolute Gasteiger partial charge is 0.417 e. The van der Waals surface area contributed by atoms with E-state index in [-0.39, 0.29) is 33.4 Å². The van der Waals surface area contributed by atoms with Crippen molar-refractivity contribution in [1.29, 1.82) is 0 Å². The molecule has 0 aliphatic carbocycles. The van der Waals surface area contributed by atoms with Crippen LogP contribution in [0.1, 0.15) is 42.4 Å². The van der Waals surface area contributed by atoms with Crippen molar-refractivity contribution in [3.05, 3.63) is 102 Å². The Balaban J connectivity index is 1.47. The molecule has 2 N–H and O–H groups in total. The third-order valence-corrected chi connectivity index (χ3v) is 6.96. The third-order valence-electron chi connectivity index (χ3n) is 6.96. The zero-order valence-corrected chi connectivity index (χ0v) is 24.2. The van der Waals surface area contributed by atoms with Crippen molar-refractivity contribution in [2.24, 2.45) is 7.05 Å². The highest BCUT2D eigenvalue weighted by molar-refractivity contribution is 6.09. The number of fused-ring (bicyclic) bond motifs is 2. The van der Waals surface area contributed by atoms with E-state index in [0.29, 0.717) is 17.6 Å². The van der Waals surface area contributed by atoms with Crippen LogP contribution in [0.2, 0.25) is 0 Å². The number of hydrogen-bond acceptors (Lipinski definition) is 4. The molecule has 0 unspecified atom stereocenters. The van der Waals surface area contributed by atoms with E-state index in [4.69, 9.17) is 0 Å². The number of nitrogens with zero attached hydrogens (tertiary/aromatic N) is 3. The van der Waals surface area contributed by atoms with Crippen LogP contribution in [-0.4, -0.2) is 37.7 Å². The Kier molecular flexibility index (Phi) is 7.89. The van der Waals surface area contributed by atoms with Crippen LogP contribution in [0.15, 0.2) is 73.2 Å². The number of halogens is 5. The summed E-state index contributed by atoms with van der Waals surface area (Å²) in [4.78, 5) is 29.8. The molecule has 2 aromatic carbocycles. The number of aryl methyl sites for hydroxylation is 1. The summed E-state index contributed by atoms with van der Waals surface area (Å²) in [6, 6.07) is 9.78. The maximum atomic E-state index is 14.9. The van der Waals surface area contributed by atoms with Gasteiger partial charge in [0.25, 0.3) is 0 Å². The third kappa shape index (κ3) is 6.11. The highest BCUT2D eigenvalue weighted by Crippen LogP contribution is 2.41. The second-order valence-corrected chi connectivity index (χ2v) is 11.3. The number of alkyl halides is 3. The van der Waals surface area contributed by atoms with Crippen LogP contribution in [-0.2, 0) is 18.0 Å². The lowest BCUT2D eigenvalue weighted by molar-refractivity contribution is -0.137. The van der Waals surface area contributed by atoms with Crippen LogP contribution >= 0.6 is 0 Å². The Labute approximate surface area is 249 Å². The number of imidazole rings is 1. The van der Waals surface area contributed by atoms with Gasteiger partial charge >= 0.3 is 6.18 Å². The van der Waals surface area contributed by atoms with Crippen LogP contribution in [0.3, 0.4) is 0 Å². The quantitative estimate of drug-likeness (QED) is 0.120. The maximum Gasteiger partial charge on any atom is 0.417 e. The van der Waals surface area contributed by atoms with Gasteiger partial charge in [0.2, 0.25) is 11.7 Å². The van der Waals surface area contributed by atoms with Gasteiger partial charge < -0.3 is 19.6 Å². The fourth-order valence-electron chi connectivity index (χ4n) is 4.85. The number of amides is 1. The van der Waals surface area contributed by atoms with E-state index in [9.17, 15) is 31.5 Å². The van der Waals surface area contributed by atoms with E-state index in [1.807, 2.05) is 20.8 Å². The molecular formula is C32H28F5N5O2. The summed E-state index contributed by atoms with van der Waals surface area (Å²) in [6.45, 7) is 6.18. The number of pyridine rings is 1. The van der Waals surface area contributed by atoms with Crippen molar-refractivity contribution in [2.45, 2.75) is 32.5 Å². The number of nitrogens with one attached hydrogen (secondary N) is 2. The molecule has 7 nitrogen and oxygen atoms in total. The zero-order valence-electron chi connectivity index (χ0n) is 24.2. The Hall–Kier alpha value is -4.84. The number of carbonyl (C=O) groups is 2. The van der Waals surface area contributed by atoms with E-state index in [1.165, 1.54) is 57.9 Å². The number of hydrogen-bond donors (Lipinski definition) is 2. The number of benzene rings is 2. The first-order chi connectivity index (χ1) is 20.6. The minimum atomic E-state index is -4.68. The van der Waals surface area contributed by atoms with Crippen molar-refractivity contribution >= 4 is 33.9 Å². The Morgan fingerprint density at radius 2 is 1.66 bits per heavy atom. The number of aromatic nitrogens is 3. The molecule has 0 atom stereocenters. The van der Waals surface area contributed by atoms with Gasteiger partial charge in [-0.1, -0.05) is 12.1 Å². The van der Waals surface area contributed by atoms with Crippen LogP contribution in [0.25, 0.3) is 27.7 Å². The molecule has 0 aliphatic heterocycles. The monoisotopic (exact) mass is 609 g/mol. The molecule has 0 radical (unpaired) electrons. The van der Waals surface area contributed by atoms with Crippen molar-refractivity contribution in [2.75, 3.05) is 11.9 Å². The predicted molar refractivity (Wildman–Crippen MR) is 157 cm³/mol. The topological polar surface area (TPSA) is 80.4 Å². The second-order valence-electron chi connectivity index (χ2n) is 11.3.